The number of benzene rings is 3. The van der Waals surface area contributed by atoms with Crippen molar-refractivity contribution in [3.63, 3.8) is 0 Å². The Labute approximate surface area is 494 Å². The lowest BCUT2D eigenvalue weighted by Crippen LogP contribution is -2.57. The fourth-order valence-electron chi connectivity index (χ4n) is 10.6. The molecule has 5 N–H and O–H groups in total. The largest absolute Gasteiger partial charge is 0.496 e. The first-order chi connectivity index (χ1) is 40.5. The Bertz CT molecular complexity index is 3300. The van der Waals surface area contributed by atoms with Gasteiger partial charge in [0.05, 0.1) is 64.4 Å². The number of thiazole rings is 1. The van der Waals surface area contributed by atoms with E-state index in [0.29, 0.717) is 61.6 Å². The predicted molar refractivity (Wildman–Crippen MR) is 321 cm³/mol. The molecule has 5 amide bonds. The number of unbranched alkanes of at least 4 members (excludes halogenated alkanes) is 7. The van der Waals surface area contributed by atoms with E-state index in [1.54, 1.807) is 41.9 Å². The number of β-amino-alcohol motifs (C(OH)–C–C–N with tert-alkyl or cyclic N) is 1. The van der Waals surface area contributed by atoms with Crippen LogP contribution in [-0.4, -0.2) is 135 Å². The van der Waals surface area contributed by atoms with Crippen LogP contribution in [0.25, 0.3) is 33.0 Å². The van der Waals surface area contributed by atoms with Crippen molar-refractivity contribution < 1.29 is 38.2 Å². The number of aliphatic hydroxyl groups excluding tert-OH is 1. The van der Waals surface area contributed by atoms with E-state index in [0.717, 1.165) is 72.2 Å². The van der Waals surface area contributed by atoms with E-state index < -0.39 is 35.3 Å². The number of anilines is 2. The monoisotopic (exact) mass is 1160 g/mol. The van der Waals surface area contributed by atoms with Gasteiger partial charge in [-0.1, -0.05) is 95.7 Å². The van der Waals surface area contributed by atoms with Crippen molar-refractivity contribution in [3.05, 3.63) is 125 Å². The van der Waals surface area contributed by atoms with Crippen LogP contribution >= 0.6 is 11.3 Å². The first-order valence-corrected chi connectivity index (χ1v) is 29.6. The van der Waals surface area contributed by atoms with Crippen LogP contribution in [-0.2, 0) is 25.7 Å². The number of nitrogens with zero attached hydrogens (tertiary/aromatic N) is 8. The lowest BCUT2D eigenvalue weighted by atomic mass is 9.85. The van der Waals surface area contributed by atoms with Gasteiger partial charge in [-0.05, 0) is 78.3 Å². The number of carbonyl (C=O) groups excluding carboxylic acids is 5. The first-order valence-electron chi connectivity index (χ1n) is 28.8. The topological polar surface area (TPSA) is 248 Å². The number of ether oxygens (including phenoxy) is 1. The van der Waals surface area contributed by atoms with Gasteiger partial charge in [0.2, 0.25) is 23.6 Å². The minimum atomic E-state index is -0.876. The number of halogens is 1. The van der Waals surface area contributed by atoms with Crippen molar-refractivity contribution in [2.75, 3.05) is 63.1 Å². The number of likely N-dealkylation sites (tertiary alicyclic amines) is 1. The third-order valence-electron chi connectivity index (χ3n) is 15.2. The van der Waals surface area contributed by atoms with E-state index >= 15 is 0 Å². The maximum Gasteiger partial charge on any atom is 0.274 e. The molecule has 8 rings (SSSR count). The van der Waals surface area contributed by atoms with Crippen molar-refractivity contribution >= 4 is 52.2 Å². The summed E-state index contributed by atoms with van der Waals surface area (Å²) in [7, 11) is 1.42. The number of rotatable bonds is 25. The average Bonchev–Trinajstić information content (AvgIpc) is 4.31. The lowest BCUT2D eigenvalue weighted by Gasteiger charge is -2.36. The van der Waals surface area contributed by atoms with Gasteiger partial charge in [0.25, 0.3) is 5.91 Å². The van der Waals surface area contributed by atoms with Crippen LogP contribution in [0.15, 0.2) is 96.9 Å². The normalized spacial score (nSPS) is 15.7. The Morgan fingerprint density at radius 3 is 2.30 bits per heavy atom. The summed E-state index contributed by atoms with van der Waals surface area (Å²) < 4.78 is 20.3. The van der Waals surface area contributed by atoms with Gasteiger partial charge >= 0.3 is 0 Å². The standard InChI is InChI=1S/C63H75FN12O7S/c1-41-57(84-40-70-41)43-20-18-42(19-21-43)36-69-61(81)52-34-46(77)38-76(52)62(82)58(63(2,3)4)73-54(78)17-12-10-8-6-7-9-11-13-26-67-55(79)39-74-29-31-75(32-30-74)51-33-44(47-37-66-27-24-45(47)35-65)22-23-49(51)72-60(80)50-25-28-68-59(71-50)56-48(64)15-14-16-53(56)83-5/h14-16,18-25,27-28,33,37,40,46,52,58,77H,6-13,17,26,29-32,34,36,38-39H2,1-5H3,(H,67,79)(H,69,81)(H,72,80)(H,73,78)/t46-,52+,58-/m1/s1. The van der Waals surface area contributed by atoms with Gasteiger partial charge in [0.1, 0.15) is 29.3 Å². The highest BCUT2D eigenvalue weighted by Crippen LogP contribution is 2.35. The Morgan fingerprint density at radius 2 is 1.60 bits per heavy atom. The molecular weight excluding hydrogens is 1090 g/mol. The van der Waals surface area contributed by atoms with Crippen molar-refractivity contribution in [1.29, 1.82) is 5.26 Å². The van der Waals surface area contributed by atoms with Crippen LogP contribution in [0.5, 0.6) is 5.75 Å². The van der Waals surface area contributed by atoms with Crippen LogP contribution in [0.2, 0.25) is 0 Å². The zero-order chi connectivity index (χ0) is 59.8. The average molecular weight is 1160 g/mol. The second-order valence-corrected chi connectivity index (χ2v) is 23.3. The lowest BCUT2D eigenvalue weighted by molar-refractivity contribution is -0.144. The Balaban J connectivity index is 0.720. The molecule has 5 heterocycles. The maximum atomic E-state index is 15.0. The number of piperazine rings is 1. The van der Waals surface area contributed by atoms with Gasteiger partial charge in [-0.25, -0.2) is 19.3 Å². The van der Waals surface area contributed by atoms with Crippen LogP contribution in [0.4, 0.5) is 15.8 Å². The molecule has 84 heavy (non-hydrogen) atoms. The number of aromatic nitrogens is 4. The molecule has 3 aromatic heterocycles. The van der Waals surface area contributed by atoms with Crippen molar-refractivity contribution in [1.82, 2.24) is 45.7 Å². The number of hydrogen-bond donors (Lipinski definition) is 5. The number of carbonyl (C=O) groups is 5. The summed E-state index contributed by atoms with van der Waals surface area (Å²) >= 11 is 1.57. The van der Waals surface area contributed by atoms with Gasteiger partial charge in [-0.3, -0.25) is 33.9 Å². The summed E-state index contributed by atoms with van der Waals surface area (Å²) in [6.45, 7) is 11.0. The van der Waals surface area contributed by atoms with Gasteiger partial charge < -0.3 is 40.9 Å². The quantitative estimate of drug-likeness (QED) is 0.0338. The molecule has 2 aliphatic heterocycles. The van der Waals surface area contributed by atoms with Crippen LogP contribution < -0.4 is 30.9 Å². The highest BCUT2D eigenvalue weighted by atomic mass is 32.1. The number of hydrogen-bond acceptors (Lipinski definition) is 15. The molecule has 2 fully saturated rings. The third kappa shape index (κ3) is 16.3. The zero-order valence-electron chi connectivity index (χ0n) is 48.5. The van der Waals surface area contributed by atoms with E-state index in [1.165, 1.54) is 36.4 Å². The van der Waals surface area contributed by atoms with Crippen molar-refractivity contribution in [2.45, 2.75) is 117 Å². The van der Waals surface area contributed by atoms with E-state index in [-0.39, 0.29) is 78.9 Å². The molecule has 19 nitrogen and oxygen atoms in total. The van der Waals surface area contributed by atoms with Gasteiger partial charge in [-0.2, -0.15) is 5.26 Å². The smallest absolute Gasteiger partial charge is 0.274 e. The number of methoxy groups -OCH3 is 1. The number of nitriles is 1. The third-order valence-corrected chi connectivity index (χ3v) is 16.2. The molecule has 0 spiro atoms. The Hall–Kier alpha value is -8.19. The number of pyridine rings is 1. The molecule has 2 aliphatic rings. The molecule has 3 atom stereocenters. The minimum Gasteiger partial charge on any atom is -0.496 e. The van der Waals surface area contributed by atoms with Crippen molar-refractivity contribution in [2.24, 2.45) is 5.41 Å². The Morgan fingerprint density at radius 1 is 0.869 bits per heavy atom. The minimum absolute atomic E-state index is 0.00187. The first kappa shape index (κ1) is 61.9. The van der Waals surface area contributed by atoms with Crippen LogP contribution in [0.3, 0.4) is 0 Å². The van der Waals surface area contributed by atoms with E-state index in [4.69, 9.17) is 4.74 Å². The molecule has 2 saturated heterocycles. The molecular formula is C63H75FN12O7S. The Kier molecular flexibility index (Phi) is 21.6. The highest BCUT2D eigenvalue weighted by Gasteiger charge is 2.44. The van der Waals surface area contributed by atoms with E-state index in [9.17, 15) is 38.7 Å². The van der Waals surface area contributed by atoms with Crippen molar-refractivity contribution in [3.8, 4) is 44.8 Å². The second kappa shape index (κ2) is 29.4. The summed E-state index contributed by atoms with van der Waals surface area (Å²) in [5.74, 6) is -1.89. The van der Waals surface area contributed by atoms with Crippen LogP contribution in [0.1, 0.15) is 112 Å². The second-order valence-electron chi connectivity index (χ2n) is 22.4. The molecule has 3 aromatic carbocycles. The molecule has 21 heteroatoms. The molecule has 0 saturated carbocycles. The van der Waals surface area contributed by atoms with E-state index in [2.05, 4.69) is 57.1 Å². The summed E-state index contributed by atoms with van der Waals surface area (Å²) in [6.07, 6.45) is 11.6. The predicted octanol–water partition coefficient (Wildman–Crippen LogP) is 8.47. The maximum absolute atomic E-state index is 15.0. The number of aliphatic hydroxyl groups is 1. The van der Waals surface area contributed by atoms with Gasteiger partial charge in [-0.15, -0.1) is 11.3 Å². The van der Waals surface area contributed by atoms with Gasteiger partial charge in [0, 0.05) is 82.8 Å². The summed E-state index contributed by atoms with van der Waals surface area (Å²) in [5.41, 5.74) is 7.20. The molecule has 0 bridgehead atoms. The highest BCUT2D eigenvalue weighted by molar-refractivity contribution is 7.13. The number of nitrogens with one attached hydrogen (secondary N) is 4. The zero-order valence-corrected chi connectivity index (χ0v) is 49.3. The molecule has 0 unspecified atom stereocenters. The number of aryl methyl sites for hydroxylation is 1. The number of amides is 5. The molecule has 0 radical (unpaired) electrons. The SMILES string of the molecule is COc1cccc(F)c1-c1nccc(C(=O)Nc2ccc(-c3cnccc3C#N)cc2N2CCN(CC(=O)NCCCCCCCCCCC(=O)N[C@H](C(=O)N3C[C@H](O)C[C@H]3C(=O)NCc3ccc(-c4scnc4C)cc3)C(C)(C)C)CC2)n1. The fraction of sp³-hybridized carbons (Fsp3) is 0.429. The van der Waals surface area contributed by atoms with Gasteiger partial charge in [0.15, 0.2) is 5.82 Å². The summed E-state index contributed by atoms with van der Waals surface area (Å²) in [4.78, 5) is 91.7. The van der Waals surface area contributed by atoms with E-state index in [1.807, 2.05) is 69.6 Å². The summed E-state index contributed by atoms with van der Waals surface area (Å²) in [5, 5.41) is 32.5. The van der Waals surface area contributed by atoms with Crippen LogP contribution in [0, 0.1) is 29.5 Å². The molecule has 0 aliphatic carbocycles. The molecule has 6 aromatic rings. The summed E-state index contributed by atoms with van der Waals surface area (Å²) in [6, 6.07) is 21.4. The fourth-order valence-corrected chi connectivity index (χ4v) is 11.4. The molecule has 442 valence electrons.